The zero-order valence-corrected chi connectivity index (χ0v) is 10.8. The number of ether oxygens (including phenoxy) is 1. The van der Waals surface area contributed by atoms with Crippen LogP contribution in [-0.4, -0.2) is 18.7 Å². The third-order valence-corrected chi connectivity index (χ3v) is 2.85. The van der Waals surface area contributed by atoms with Gasteiger partial charge in [-0.2, -0.15) is 0 Å². The van der Waals surface area contributed by atoms with Gasteiger partial charge < -0.3 is 4.74 Å². The molecule has 1 aromatic rings. The highest BCUT2D eigenvalue weighted by atomic mass is 79.9. The second-order valence-corrected chi connectivity index (χ2v) is 4.20. The van der Waals surface area contributed by atoms with Gasteiger partial charge in [-0.3, -0.25) is 9.59 Å². The van der Waals surface area contributed by atoms with E-state index in [2.05, 4.69) is 15.9 Å². The molecule has 1 aromatic carbocycles. The topological polar surface area (TPSA) is 43.4 Å². The Bertz CT molecular complexity index is 413. The van der Waals surface area contributed by atoms with Crippen molar-refractivity contribution in [3.63, 3.8) is 0 Å². The Morgan fingerprint density at radius 3 is 2.56 bits per heavy atom. The molecule has 0 saturated heterocycles. The average Bonchev–Trinajstić information content (AvgIpc) is 2.28. The van der Waals surface area contributed by atoms with Crippen LogP contribution >= 0.6 is 15.9 Å². The van der Waals surface area contributed by atoms with Crippen molar-refractivity contribution in [3.8, 4) is 5.75 Å². The standard InChI is InChI=1S/C12H13BrO3/c1-3-9(14)7-11(15)8-4-5-12(16-2)10(13)6-8/h4-6H,3,7H2,1-2H3. The second-order valence-electron chi connectivity index (χ2n) is 3.34. The average molecular weight is 285 g/mol. The van der Waals surface area contributed by atoms with Gasteiger partial charge in [-0.05, 0) is 34.1 Å². The number of carbonyl (C=O) groups excluding carboxylic acids is 2. The fourth-order valence-electron chi connectivity index (χ4n) is 1.25. The summed E-state index contributed by atoms with van der Waals surface area (Å²) in [6, 6.07) is 5.03. The Kier molecular flexibility index (Phi) is 4.68. The van der Waals surface area contributed by atoms with Crippen molar-refractivity contribution in [2.45, 2.75) is 19.8 Å². The number of benzene rings is 1. The quantitative estimate of drug-likeness (QED) is 0.617. The molecule has 4 heteroatoms. The van der Waals surface area contributed by atoms with E-state index in [1.54, 1.807) is 32.2 Å². The number of halogens is 1. The maximum atomic E-state index is 11.7. The van der Waals surface area contributed by atoms with Gasteiger partial charge in [0.2, 0.25) is 0 Å². The summed E-state index contributed by atoms with van der Waals surface area (Å²) < 4.78 is 5.77. The maximum absolute atomic E-state index is 11.7. The van der Waals surface area contributed by atoms with E-state index in [-0.39, 0.29) is 18.0 Å². The van der Waals surface area contributed by atoms with Gasteiger partial charge >= 0.3 is 0 Å². The van der Waals surface area contributed by atoms with Crippen molar-refractivity contribution < 1.29 is 14.3 Å². The predicted molar refractivity (Wildman–Crippen MR) is 64.9 cm³/mol. The van der Waals surface area contributed by atoms with Crippen LogP contribution in [-0.2, 0) is 4.79 Å². The Morgan fingerprint density at radius 1 is 1.38 bits per heavy atom. The first-order valence-corrected chi connectivity index (χ1v) is 5.76. The highest BCUT2D eigenvalue weighted by Crippen LogP contribution is 2.26. The monoisotopic (exact) mass is 284 g/mol. The highest BCUT2D eigenvalue weighted by Gasteiger charge is 2.12. The largest absolute Gasteiger partial charge is 0.496 e. The van der Waals surface area contributed by atoms with Crippen LogP contribution in [0.5, 0.6) is 5.75 Å². The van der Waals surface area contributed by atoms with E-state index in [0.29, 0.717) is 22.2 Å². The molecule has 0 radical (unpaired) electrons. The smallest absolute Gasteiger partial charge is 0.170 e. The van der Waals surface area contributed by atoms with E-state index in [1.165, 1.54) is 0 Å². The number of rotatable bonds is 5. The van der Waals surface area contributed by atoms with Gasteiger partial charge in [0.05, 0.1) is 18.0 Å². The van der Waals surface area contributed by atoms with Crippen LogP contribution < -0.4 is 4.74 Å². The molecule has 0 amide bonds. The van der Waals surface area contributed by atoms with E-state index >= 15 is 0 Å². The molecule has 0 aliphatic carbocycles. The van der Waals surface area contributed by atoms with E-state index in [4.69, 9.17) is 4.74 Å². The molecule has 0 heterocycles. The minimum atomic E-state index is -0.157. The van der Waals surface area contributed by atoms with Gasteiger partial charge in [-0.1, -0.05) is 6.92 Å². The Morgan fingerprint density at radius 2 is 2.06 bits per heavy atom. The number of carbonyl (C=O) groups is 2. The van der Waals surface area contributed by atoms with Crippen molar-refractivity contribution in [1.82, 2.24) is 0 Å². The first-order chi connectivity index (χ1) is 7.58. The van der Waals surface area contributed by atoms with E-state index in [9.17, 15) is 9.59 Å². The van der Waals surface area contributed by atoms with Gasteiger partial charge in [0.25, 0.3) is 0 Å². The van der Waals surface area contributed by atoms with Crippen LogP contribution in [0.15, 0.2) is 22.7 Å². The van der Waals surface area contributed by atoms with Crippen molar-refractivity contribution in [3.05, 3.63) is 28.2 Å². The van der Waals surface area contributed by atoms with E-state index in [1.807, 2.05) is 0 Å². The third kappa shape index (κ3) is 3.17. The lowest BCUT2D eigenvalue weighted by atomic mass is 10.1. The number of methoxy groups -OCH3 is 1. The molecule has 0 atom stereocenters. The molecule has 1 rings (SSSR count). The lowest BCUT2D eigenvalue weighted by Crippen LogP contribution is -2.07. The third-order valence-electron chi connectivity index (χ3n) is 2.23. The number of Topliss-reactive ketones (excluding diaryl/α,β-unsaturated/α-hetero) is 2. The van der Waals surface area contributed by atoms with E-state index in [0.717, 1.165) is 0 Å². The Labute approximate surface area is 103 Å². The summed E-state index contributed by atoms with van der Waals surface area (Å²) in [7, 11) is 1.56. The summed E-state index contributed by atoms with van der Waals surface area (Å²) in [6.45, 7) is 1.75. The SMILES string of the molecule is CCC(=O)CC(=O)c1ccc(OC)c(Br)c1. The molecule has 3 nitrogen and oxygen atoms in total. The van der Waals surface area contributed by atoms with Crippen LogP contribution in [0, 0.1) is 0 Å². The minimum absolute atomic E-state index is 0.0325. The van der Waals surface area contributed by atoms with Crippen molar-refractivity contribution in [1.29, 1.82) is 0 Å². The summed E-state index contributed by atoms with van der Waals surface area (Å²) in [5, 5.41) is 0. The molecule has 0 unspecified atom stereocenters. The van der Waals surface area contributed by atoms with Crippen LogP contribution in [0.2, 0.25) is 0 Å². The molecule has 0 aliphatic rings. The molecular weight excluding hydrogens is 272 g/mol. The maximum Gasteiger partial charge on any atom is 0.170 e. The predicted octanol–water partition coefficient (Wildman–Crippen LogP) is 3.01. The summed E-state index contributed by atoms with van der Waals surface area (Å²) in [6.07, 6.45) is 0.359. The summed E-state index contributed by atoms with van der Waals surface area (Å²) >= 11 is 3.30. The molecular formula is C12H13BrO3. The highest BCUT2D eigenvalue weighted by molar-refractivity contribution is 9.10. The van der Waals surface area contributed by atoms with Gasteiger partial charge in [-0.25, -0.2) is 0 Å². The molecule has 0 N–H and O–H groups in total. The lowest BCUT2D eigenvalue weighted by Gasteiger charge is -2.05. The van der Waals surface area contributed by atoms with Gasteiger partial charge in [-0.15, -0.1) is 0 Å². The lowest BCUT2D eigenvalue weighted by molar-refractivity contribution is -0.117. The fourth-order valence-corrected chi connectivity index (χ4v) is 1.79. The van der Waals surface area contributed by atoms with Crippen molar-refractivity contribution in [2.75, 3.05) is 7.11 Å². The molecule has 0 fully saturated rings. The van der Waals surface area contributed by atoms with Crippen LogP contribution in [0.4, 0.5) is 0 Å². The molecule has 0 saturated carbocycles. The van der Waals surface area contributed by atoms with Gasteiger partial charge in [0, 0.05) is 12.0 Å². The normalized spacial score (nSPS) is 9.94. The van der Waals surface area contributed by atoms with Crippen molar-refractivity contribution >= 4 is 27.5 Å². The second kappa shape index (κ2) is 5.80. The van der Waals surface area contributed by atoms with Gasteiger partial charge in [0.15, 0.2) is 5.78 Å². The summed E-state index contributed by atoms with van der Waals surface area (Å²) in [4.78, 5) is 22.8. The number of hydrogen-bond donors (Lipinski definition) is 0. The first kappa shape index (κ1) is 12.9. The Balaban J connectivity index is 2.85. The first-order valence-electron chi connectivity index (χ1n) is 4.97. The van der Waals surface area contributed by atoms with Crippen molar-refractivity contribution in [2.24, 2.45) is 0 Å². The van der Waals surface area contributed by atoms with E-state index < -0.39 is 0 Å². The molecule has 0 bridgehead atoms. The minimum Gasteiger partial charge on any atom is -0.496 e. The summed E-state index contributed by atoms with van der Waals surface area (Å²) in [5.74, 6) is 0.463. The summed E-state index contributed by atoms with van der Waals surface area (Å²) in [5.41, 5.74) is 0.523. The molecule has 86 valence electrons. The number of ketones is 2. The molecule has 0 aromatic heterocycles. The molecule has 0 spiro atoms. The van der Waals surface area contributed by atoms with Crippen LogP contribution in [0.25, 0.3) is 0 Å². The molecule has 16 heavy (non-hydrogen) atoms. The fraction of sp³-hybridized carbons (Fsp3) is 0.333. The number of hydrogen-bond acceptors (Lipinski definition) is 3. The van der Waals surface area contributed by atoms with Crippen LogP contribution in [0.3, 0.4) is 0 Å². The van der Waals surface area contributed by atoms with Gasteiger partial charge in [0.1, 0.15) is 11.5 Å². The zero-order chi connectivity index (χ0) is 12.1. The zero-order valence-electron chi connectivity index (χ0n) is 9.25. The Hall–Kier alpha value is -1.16. The van der Waals surface area contributed by atoms with Crippen LogP contribution in [0.1, 0.15) is 30.1 Å². The molecule has 0 aliphatic heterocycles.